The Morgan fingerprint density at radius 1 is 1.37 bits per heavy atom. The molecule has 4 heteroatoms. The van der Waals surface area contributed by atoms with Crippen molar-refractivity contribution >= 4 is 17.5 Å². The molecule has 2 atom stereocenters. The molecule has 0 aliphatic heterocycles. The number of methoxy groups -OCH3 is 1. The van der Waals surface area contributed by atoms with Gasteiger partial charge in [0.25, 0.3) is 5.91 Å². The molecule has 0 aromatic heterocycles. The minimum Gasteiger partial charge on any atom is -0.497 e. The molecule has 1 amide bonds. The second-order valence-corrected chi connectivity index (χ2v) is 5.39. The smallest absolute Gasteiger partial charge is 0.251 e. The van der Waals surface area contributed by atoms with Crippen molar-refractivity contribution in [2.45, 2.75) is 31.7 Å². The molecule has 1 aromatic carbocycles. The summed E-state index contributed by atoms with van der Waals surface area (Å²) in [7, 11) is 1.61. The van der Waals surface area contributed by atoms with Gasteiger partial charge in [0.1, 0.15) is 5.75 Å². The van der Waals surface area contributed by atoms with Crippen LogP contribution >= 0.6 is 11.6 Å². The van der Waals surface area contributed by atoms with E-state index in [1.807, 2.05) is 0 Å². The lowest BCUT2D eigenvalue weighted by Gasteiger charge is -2.28. The van der Waals surface area contributed by atoms with Crippen molar-refractivity contribution in [3.63, 3.8) is 0 Å². The third kappa shape index (κ3) is 3.87. The van der Waals surface area contributed by atoms with Crippen molar-refractivity contribution in [3.8, 4) is 5.75 Å². The van der Waals surface area contributed by atoms with Gasteiger partial charge in [-0.05, 0) is 49.4 Å². The zero-order chi connectivity index (χ0) is 13.7. The van der Waals surface area contributed by atoms with Gasteiger partial charge in [-0.3, -0.25) is 4.79 Å². The number of ether oxygens (including phenoxy) is 1. The molecule has 1 aromatic rings. The van der Waals surface area contributed by atoms with E-state index in [2.05, 4.69) is 5.32 Å². The van der Waals surface area contributed by atoms with Crippen LogP contribution in [0.4, 0.5) is 0 Å². The summed E-state index contributed by atoms with van der Waals surface area (Å²) in [5.41, 5.74) is 0.675. The Hall–Kier alpha value is -1.22. The lowest BCUT2D eigenvalue weighted by atomic mass is 9.87. The number of carbonyl (C=O) groups is 1. The fourth-order valence-corrected chi connectivity index (χ4v) is 2.85. The third-order valence-electron chi connectivity index (χ3n) is 3.69. The Balaban J connectivity index is 1.92. The van der Waals surface area contributed by atoms with E-state index in [0.717, 1.165) is 25.0 Å². The first-order valence-electron chi connectivity index (χ1n) is 6.74. The summed E-state index contributed by atoms with van der Waals surface area (Å²) >= 11 is 5.91. The highest BCUT2D eigenvalue weighted by atomic mass is 35.5. The van der Waals surface area contributed by atoms with Crippen LogP contribution in [0, 0.1) is 5.92 Å². The van der Waals surface area contributed by atoms with Gasteiger partial charge in [0.15, 0.2) is 0 Å². The second-order valence-electron chi connectivity index (χ2n) is 5.09. The summed E-state index contributed by atoms with van der Waals surface area (Å²) in [4.78, 5) is 12.1. The molecule has 3 nitrogen and oxygen atoms in total. The Bertz CT molecular complexity index is 419. The number of benzene rings is 1. The van der Waals surface area contributed by atoms with Gasteiger partial charge in [0, 0.05) is 17.5 Å². The van der Waals surface area contributed by atoms with Crippen molar-refractivity contribution < 1.29 is 9.53 Å². The minimum atomic E-state index is -0.0112. The zero-order valence-electron chi connectivity index (χ0n) is 11.2. The Morgan fingerprint density at radius 2 is 2.11 bits per heavy atom. The molecule has 0 heterocycles. The SMILES string of the molecule is COc1ccc(C(=O)NC2CCCC(CCl)C2)cc1. The van der Waals surface area contributed by atoms with Crippen molar-refractivity contribution in [1.82, 2.24) is 5.32 Å². The normalized spacial score (nSPS) is 22.8. The van der Waals surface area contributed by atoms with E-state index in [-0.39, 0.29) is 11.9 Å². The van der Waals surface area contributed by atoms with Crippen molar-refractivity contribution in [2.75, 3.05) is 13.0 Å². The highest BCUT2D eigenvalue weighted by Crippen LogP contribution is 2.25. The van der Waals surface area contributed by atoms with E-state index in [1.54, 1.807) is 31.4 Å². The summed E-state index contributed by atoms with van der Waals surface area (Å²) in [6.07, 6.45) is 4.37. The van der Waals surface area contributed by atoms with Crippen LogP contribution in [-0.4, -0.2) is 24.9 Å². The van der Waals surface area contributed by atoms with Gasteiger partial charge < -0.3 is 10.1 Å². The molecule has 0 radical (unpaired) electrons. The van der Waals surface area contributed by atoms with E-state index in [4.69, 9.17) is 16.3 Å². The number of halogens is 1. The molecule has 0 bridgehead atoms. The second kappa shape index (κ2) is 6.80. The van der Waals surface area contributed by atoms with Gasteiger partial charge in [-0.2, -0.15) is 0 Å². The van der Waals surface area contributed by atoms with Crippen LogP contribution in [0.3, 0.4) is 0 Å². The topological polar surface area (TPSA) is 38.3 Å². The maximum atomic E-state index is 12.1. The highest BCUT2D eigenvalue weighted by molar-refractivity contribution is 6.18. The Labute approximate surface area is 119 Å². The maximum Gasteiger partial charge on any atom is 0.251 e. The molecule has 104 valence electrons. The average Bonchev–Trinajstić information content (AvgIpc) is 2.47. The number of alkyl halides is 1. The quantitative estimate of drug-likeness (QED) is 0.861. The number of carbonyl (C=O) groups excluding carboxylic acids is 1. The number of hydrogen-bond donors (Lipinski definition) is 1. The predicted octanol–water partition coefficient (Wildman–Crippen LogP) is 3.22. The van der Waals surface area contributed by atoms with Crippen LogP contribution in [-0.2, 0) is 0 Å². The number of hydrogen-bond acceptors (Lipinski definition) is 2. The summed E-state index contributed by atoms with van der Waals surface area (Å²) in [5.74, 6) is 1.98. The first kappa shape index (κ1) is 14.2. The molecule has 1 aliphatic carbocycles. The van der Waals surface area contributed by atoms with E-state index < -0.39 is 0 Å². The van der Waals surface area contributed by atoms with Crippen molar-refractivity contribution in [2.24, 2.45) is 5.92 Å². The largest absolute Gasteiger partial charge is 0.497 e. The van der Waals surface area contributed by atoms with Gasteiger partial charge in [0.2, 0.25) is 0 Å². The molecular formula is C15H20ClNO2. The van der Waals surface area contributed by atoms with E-state index in [9.17, 15) is 4.79 Å². The van der Waals surface area contributed by atoms with Gasteiger partial charge in [-0.25, -0.2) is 0 Å². The molecule has 1 N–H and O–H groups in total. The van der Waals surface area contributed by atoms with Crippen molar-refractivity contribution in [3.05, 3.63) is 29.8 Å². The fourth-order valence-electron chi connectivity index (χ4n) is 2.57. The molecule has 1 aliphatic rings. The van der Waals surface area contributed by atoms with Crippen LogP contribution in [0.1, 0.15) is 36.0 Å². The van der Waals surface area contributed by atoms with Crippen molar-refractivity contribution in [1.29, 1.82) is 0 Å². The van der Waals surface area contributed by atoms with E-state index >= 15 is 0 Å². The van der Waals surface area contributed by atoms with E-state index in [0.29, 0.717) is 17.4 Å². The van der Waals surface area contributed by atoms with Crippen LogP contribution in [0.2, 0.25) is 0 Å². The van der Waals surface area contributed by atoms with Crippen LogP contribution in [0.5, 0.6) is 5.75 Å². The van der Waals surface area contributed by atoms with Gasteiger partial charge >= 0.3 is 0 Å². The molecule has 1 saturated carbocycles. The third-order valence-corrected chi connectivity index (χ3v) is 4.12. The summed E-state index contributed by atoms with van der Waals surface area (Å²) in [5, 5.41) is 3.10. The molecule has 0 spiro atoms. The fraction of sp³-hybridized carbons (Fsp3) is 0.533. The molecule has 19 heavy (non-hydrogen) atoms. The van der Waals surface area contributed by atoms with Gasteiger partial charge in [-0.15, -0.1) is 11.6 Å². The average molecular weight is 282 g/mol. The van der Waals surface area contributed by atoms with Crippen LogP contribution < -0.4 is 10.1 Å². The van der Waals surface area contributed by atoms with E-state index in [1.165, 1.54) is 6.42 Å². The molecule has 0 saturated heterocycles. The number of nitrogens with one attached hydrogen (secondary N) is 1. The first-order chi connectivity index (χ1) is 9.22. The van der Waals surface area contributed by atoms with Gasteiger partial charge in [-0.1, -0.05) is 6.42 Å². The number of rotatable bonds is 4. The monoisotopic (exact) mass is 281 g/mol. The van der Waals surface area contributed by atoms with Gasteiger partial charge in [0.05, 0.1) is 7.11 Å². The lowest BCUT2D eigenvalue weighted by molar-refractivity contribution is 0.0921. The highest BCUT2D eigenvalue weighted by Gasteiger charge is 2.22. The number of amides is 1. The molecular weight excluding hydrogens is 262 g/mol. The zero-order valence-corrected chi connectivity index (χ0v) is 12.0. The first-order valence-corrected chi connectivity index (χ1v) is 7.27. The summed E-state index contributed by atoms with van der Waals surface area (Å²) in [6, 6.07) is 7.44. The standard InChI is InChI=1S/C15H20ClNO2/c1-19-14-7-5-12(6-8-14)15(18)17-13-4-2-3-11(9-13)10-16/h5-8,11,13H,2-4,9-10H2,1H3,(H,17,18). The lowest BCUT2D eigenvalue weighted by Crippen LogP contribution is -2.38. The summed E-state index contributed by atoms with van der Waals surface area (Å²) < 4.78 is 5.08. The minimum absolute atomic E-state index is 0.0112. The molecule has 1 fully saturated rings. The van der Waals surface area contributed by atoms with Crippen LogP contribution in [0.15, 0.2) is 24.3 Å². The van der Waals surface area contributed by atoms with Crippen LogP contribution in [0.25, 0.3) is 0 Å². The molecule has 2 unspecified atom stereocenters. The molecule has 2 rings (SSSR count). The Morgan fingerprint density at radius 3 is 2.74 bits per heavy atom. The maximum absolute atomic E-state index is 12.1. The predicted molar refractivity (Wildman–Crippen MR) is 76.9 cm³/mol. The summed E-state index contributed by atoms with van der Waals surface area (Å²) in [6.45, 7) is 0. The Kier molecular flexibility index (Phi) is 5.08.